The van der Waals surface area contributed by atoms with Gasteiger partial charge in [0.2, 0.25) is 5.91 Å². The Bertz CT molecular complexity index is 1100. The van der Waals surface area contributed by atoms with Gasteiger partial charge in [-0.1, -0.05) is 43.0 Å². The Morgan fingerprint density at radius 2 is 1.69 bits per heavy atom. The van der Waals surface area contributed by atoms with E-state index in [2.05, 4.69) is 17.2 Å². The van der Waals surface area contributed by atoms with Crippen molar-refractivity contribution in [3.8, 4) is 5.75 Å². The number of nitrogens with one attached hydrogen (secondary N) is 2. The fourth-order valence-corrected chi connectivity index (χ4v) is 3.00. The van der Waals surface area contributed by atoms with Crippen LogP contribution in [0.2, 0.25) is 0 Å². The largest absolute Gasteiger partial charge is 0.487 e. The first-order chi connectivity index (χ1) is 15.4. The van der Waals surface area contributed by atoms with Crippen LogP contribution in [0, 0.1) is 0 Å². The number of hydrogen-bond donors (Lipinski definition) is 2. The van der Waals surface area contributed by atoms with Gasteiger partial charge in [0.25, 0.3) is 5.91 Å². The van der Waals surface area contributed by atoms with Crippen molar-refractivity contribution in [2.45, 2.75) is 6.92 Å². The molecule has 0 fully saturated rings. The molecule has 3 aromatic carbocycles. The molecule has 0 aliphatic carbocycles. The smallest absolute Gasteiger partial charge is 0.258 e. The summed E-state index contributed by atoms with van der Waals surface area (Å²) in [7, 11) is 1.73. The standard InChI is InChI=1S/C26H27N3O3/c1-19(2)18-32-24-15-8-7-14-23(24)28-25(30)17-27-21-11-9-10-20(16-21)26(31)29(3)22-12-5-4-6-13-22/h4-16,27H,1,17-18H2,2-3H3,(H,28,30). The first-order valence-corrected chi connectivity index (χ1v) is 10.3. The van der Waals surface area contributed by atoms with E-state index < -0.39 is 0 Å². The number of benzene rings is 3. The number of para-hydroxylation sites is 3. The summed E-state index contributed by atoms with van der Waals surface area (Å²) < 4.78 is 5.69. The highest BCUT2D eigenvalue weighted by Crippen LogP contribution is 2.24. The summed E-state index contributed by atoms with van der Waals surface area (Å²) >= 11 is 0. The maximum absolute atomic E-state index is 12.8. The van der Waals surface area contributed by atoms with E-state index >= 15 is 0 Å². The van der Waals surface area contributed by atoms with Crippen LogP contribution in [0.1, 0.15) is 17.3 Å². The zero-order chi connectivity index (χ0) is 22.9. The Labute approximate surface area is 188 Å². The van der Waals surface area contributed by atoms with Gasteiger partial charge in [0.05, 0.1) is 12.2 Å². The molecule has 32 heavy (non-hydrogen) atoms. The summed E-state index contributed by atoms with van der Waals surface area (Å²) in [5.74, 6) is 0.225. The molecule has 6 heteroatoms. The van der Waals surface area contributed by atoms with Crippen molar-refractivity contribution in [2.24, 2.45) is 0 Å². The molecule has 0 heterocycles. The number of carbonyl (C=O) groups is 2. The molecule has 0 spiro atoms. The third kappa shape index (κ3) is 6.22. The van der Waals surface area contributed by atoms with Crippen LogP contribution in [-0.2, 0) is 4.79 Å². The summed E-state index contributed by atoms with van der Waals surface area (Å²) in [4.78, 5) is 26.9. The van der Waals surface area contributed by atoms with Gasteiger partial charge in [-0.25, -0.2) is 0 Å². The zero-order valence-electron chi connectivity index (χ0n) is 18.3. The Hall–Kier alpha value is -4.06. The van der Waals surface area contributed by atoms with Crippen LogP contribution in [-0.4, -0.2) is 32.0 Å². The van der Waals surface area contributed by atoms with E-state index in [0.29, 0.717) is 29.3 Å². The van der Waals surface area contributed by atoms with E-state index in [1.54, 1.807) is 42.3 Å². The van der Waals surface area contributed by atoms with Crippen LogP contribution >= 0.6 is 0 Å². The van der Waals surface area contributed by atoms with Gasteiger partial charge in [0.1, 0.15) is 12.4 Å². The van der Waals surface area contributed by atoms with Crippen LogP contribution in [0.25, 0.3) is 0 Å². The summed E-state index contributed by atoms with van der Waals surface area (Å²) in [6, 6.07) is 23.8. The number of carbonyl (C=O) groups excluding carboxylic acids is 2. The van der Waals surface area contributed by atoms with E-state index in [1.165, 1.54) is 0 Å². The lowest BCUT2D eigenvalue weighted by atomic mass is 10.1. The minimum atomic E-state index is -0.227. The van der Waals surface area contributed by atoms with Crippen molar-refractivity contribution in [3.05, 3.63) is 96.6 Å². The van der Waals surface area contributed by atoms with E-state index in [0.717, 1.165) is 11.3 Å². The number of rotatable bonds is 9. The Morgan fingerprint density at radius 1 is 0.969 bits per heavy atom. The molecule has 0 aliphatic rings. The molecule has 3 aromatic rings. The minimum Gasteiger partial charge on any atom is -0.487 e. The predicted octanol–water partition coefficient (Wildman–Crippen LogP) is 4.97. The number of nitrogens with zero attached hydrogens (tertiary/aromatic N) is 1. The van der Waals surface area contributed by atoms with Crippen molar-refractivity contribution in [2.75, 3.05) is 35.7 Å². The van der Waals surface area contributed by atoms with Gasteiger partial charge in [0.15, 0.2) is 0 Å². The van der Waals surface area contributed by atoms with Crippen molar-refractivity contribution < 1.29 is 14.3 Å². The molecule has 2 N–H and O–H groups in total. The van der Waals surface area contributed by atoms with Crippen LogP contribution in [0.15, 0.2) is 91.0 Å². The molecule has 0 aliphatic heterocycles. The summed E-state index contributed by atoms with van der Waals surface area (Å²) in [6.07, 6.45) is 0. The van der Waals surface area contributed by atoms with Gasteiger partial charge >= 0.3 is 0 Å². The van der Waals surface area contributed by atoms with Gasteiger partial charge < -0.3 is 20.3 Å². The summed E-state index contributed by atoms with van der Waals surface area (Å²) in [6.45, 7) is 6.12. The van der Waals surface area contributed by atoms with Gasteiger partial charge in [-0.3, -0.25) is 9.59 Å². The second-order valence-corrected chi connectivity index (χ2v) is 7.42. The second-order valence-electron chi connectivity index (χ2n) is 7.42. The van der Waals surface area contributed by atoms with Gasteiger partial charge in [-0.05, 0) is 55.0 Å². The number of hydrogen-bond acceptors (Lipinski definition) is 4. The lowest BCUT2D eigenvalue weighted by Crippen LogP contribution is -2.26. The maximum Gasteiger partial charge on any atom is 0.258 e. The number of amides is 2. The highest BCUT2D eigenvalue weighted by molar-refractivity contribution is 6.06. The monoisotopic (exact) mass is 429 g/mol. The van der Waals surface area contributed by atoms with Crippen molar-refractivity contribution in [1.82, 2.24) is 0 Å². The fourth-order valence-electron chi connectivity index (χ4n) is 3.00. The Kier molecular flexibility index (Phi) is 7.65. The molecular formula is C26H27N3O3. The molecule has 0 bridgehead atoms. The van der Waals surface area contributed by atoms with E-state index in [4.69, 9.17) is 4.74 Å². The molecule has 3 rings (SSSR count). The van der Waals surface area contributed by atoms with Crippen LogP contribution in [0.5, 0.6) is 5.75 Å². The topological polar surface area (TPSA) is 70.7 Å². The van der Waals surface area contributed by atoms with Gasteiger partial charge in [0, 0.05) is 24.0 Å². The molecule has 2 amide bonds. The quantitative estimate of drug-likeness (QED) is 0.471. The maximum atomic E-state index is 12.8. The van der Waals surface area contributed by atoms with Crippen LogP contribution < -0.4 is 20.3 Å². The predicted molar refractivity (Wildman–Crippen MR) is 129 cm³/mol. The van der Waals surface area contributed by atoms with E-state index in [9.17, 15) is 9.59 Å². The first-order valence-electron chi connectivity index (χ1n) is 10.3. The lowest BCUT2D eigenvalue weighted by molar-refractivity contribution is -0.114. The number of ether oxygens (including phenoxy) is 1. The minimum absolute atomic E-state index is 0.0426. The SMILES string of the molecule is C=C(C)COc1ccccc1NC(=O)CNc1cccc(C(=O)N(C)c2ccccc2)c1. The highest BCUT2D eigenvalue weighted by atomic mass is 16.5. The van der Waals surface area contributed by atoms with E-state index in [-0.39, 0.29) is 18.4 Å². The third-order valence-electron chi connectivity index (χ3n) is 4.65. The van der Waals surface area contributed by atoms with Crippen molar-refractivity contribution in [1.29, 1.82) is 0 Å². The molecule has 0 aromatic heterocycles. The zero-order valence-corrected chi connectivity index (χ0v) is 18.3. The third-order valence-corrected chi connectivity index (χ3v) is 4.65. The molecule has 164 valence electrons. The van der Waals surface area contributed by atoms with E-state index in [1.807, 2.05) is 55.5 Å². The molecule has 6 nitrogen and oxygen atoms in total. The molecule has 0 saturated heterocycles. The molecule has 0 unspecified atom stereocenters. The van der Waals surface area contributed by atoms with Crippen molar-refractivity contribution in [3.63, 3.8) is 0 Å². The Balaban J connectivity index is 1.60. The molecule has 0 atom stereocenters. The average molecular weight is 430 g/mol. The second kappa shape index (κ2) is 10.8. The fraction of sp³-hybridized carbons (Fsp3) is 0.154. The van der Waals surface area contributed by atoms with Gasteiger partial charge in [-0.2, -0.15) is 0 Å². The highest BCUT2D eigenvalue weighted by Gasteiger charge is 2.14. The molecule has 0 saturated carbocycles. The first kappa shape index (κ1) is 22.6. The van der Waals surface area contributed by atoms with Crippen LogP contribution in [0.3, 0.4) is 0 Å². The Morgan fingerprint density at radius 3 is 2.44 bits per heavy atom. The van der Waals surface area contributed by atoms with Crippen LogP contribution in [0.4, 0.5) is 17.1 Å². The number of anilines is 3. The van der Waals surface area contributed by atoms with Gasteiger partial charge in [-0.15, -0.1) is 0 Å². The molecular weight excluding hydrogens is 402 g/mol. The molecule has 0 radical (unpaired) electrons. The summed E-state index contributed by atoms with van der Waals surface area (Å²) in [5, 5.41) is 5.92. The summed E-state index contributed by atoms with van der Waals surface area (Å²) in [5.41, 5.74) is 3.50. The van der Waals surface area contributed by atoms with Crippen molar-refractivity contribution >= 4 is 28.9 Å². The normalized spacial score (nSPS) is 10.2. The average Bonchev–Trinajstić information content (AvgIpc) is 2.82. The lowest BCUT2D eigenvalue weighted by Gasteiger charge is -2.18.